The molecule has 0 aliphatic heterocycles. The molecule has 1 atom stereocenters. The van der Waals surface area contributed by atoms with E-state index in [0.717, 1.165) is 23.2 Å². The molecule has 0 saturated heterocycles. The minimum absolute atomic E-state index is 0.00546. The molecular formula is C14H16N2. The molecule has 0 aromatic heterocycles. The van der Waals surface area contributed by atoms with E-state index in [4.69, 9.17) is 11.5 Å². The number of para-hydroxylation sites is 1. The van der Waals surface area contributed by atoms with Crippen molar-refractivity contribution in [2.75, 3.05) is 5.73 Å². The summed E-state index contributed by atoms with van der Waals surface area (Å²) in [5, 5.41) is 0. The van der Waals surface area contributed by atoms with Crippen LogP contribution in [-0.4, -0.2) is 0 Å². The summed E-state index contributed by atoms with van der Waals surface area (Å²) in [7, 11) is 0. The van der Waals surface area contributed by atoms with Crippen LogP contribution in [-0.2, 0) is 6.42 Å². The number of hydrogen-bond donors (Lipinski definition) is 2. The lowest BCUT2D eigenvalue weighted by Gasteiger charge is -2.13. The highest BCUT2D eigenvalue weighted by Crippen LogP contribution is 2.19. The lowest BCUT2D eigenvalue weighted by atomic mass is 9.99. The summed E-state index contributed by atoms with van der Waals surface area (Å²) >= 11 is 0. The highest BCUT2D eigenvalue weighted by molar-refractivity contribution is 5.47. The maximum atomic E-state index is 6.14. The van der Waals surface area contributed by atoms with E-state index in [0.29, 0.717) is 0 Å². The summed E-state index contributed by atoms with van der Waals surface area (Å²) in [5.41, 5.74) is 15.1. The summed E-state index contributed by atoms with van der Waals surface area (Å²) in [5.74, 6) is 0. The van der Waals surface area contributed by atoms with Crippen LogP contribution in [0.3, 0.4) is 0 Å². The van der Waals surface area contributed by atoms with E-state index in [-0.39, 0.29) is 6.04 Å². The second kappa shape index (κ2) is 4.81. The molecule has 2 heteroatoms. The van der Waals surface area contributed by atoms with Crippen LogP contribution in [0.4, 0.5) is 5.69 Å². The lowest BCUT2D eigenvalue weighted by molar-refractivity contribution is 0.723. The van der Waals surface area contributed by atoms with E-state index >= 15 is 0 Å². The van der Waals surface area contributed by atoms with Crippen molar-refractivity contribution < 1.29 is 0 Å². The Hall–Kier alpha value is -1.80. The molecule has 0 amide bonds. The van der Waals surface area contributed by atoms with Crippen molar-refractivity contribution >= 4 is 5.69 Å². The van der Waals surface area contributed by atoms with Gasteiger partial charge in [0.1, 0.15) is 0 Å². The molecule has 0 fully saturated rings. The zero-order chi connectivity index (χ0) is 11.4. The smallest absolute Gasteiger partial charge is 0.0347 e. The number of nitrogen functional groups attached to an aromatic ring is 1. The Kier molecular flexibility index (Phi) is 3.22. The summed E-state index contributed by atoms with van der Waals surface area (Å²) in [6.07, 6.45) is 0.774. The Morgan fingerprint density at radius 1 is 0.875 bits per heavy atom. The van der Waals surface area contributed by atoms with Crippen LogP contribution in [0.1, 0.15) is 17.2 Å². The molecule has 2 aromatic carbocycles. The Morgan fingerprint density at radius 3 is 2.19 bits per heavy atom. The molecule has 2 nitrogen and oxygen atoms in total. The van der Waals surface area contributed by atoms with Gasteiger partial charge in [-0.2, -0.15) is 0 Å². The van der Waals surface area contributed by atoms with Gasteiger partial charge >= 0.3 is 0 Å². The van der Waals surface area contributed by atoms with Crippen molar-refractivity contribution in [3.05, 3.63) is 65.7 Å². The van der Waals surface area contributed by atoms with Gasteiger partial charge in [0, 0.05) is 11.7 Å². The van der Waals surface area contributed by atoms with Gasteiger partial charge in [-0.3, -0.25) is 0 Å². The van der Waals surface area contributed by atoms with Crippen molar-refractivity contribution in [1.29, 1.82) is 0 Å². The summed E-state index contributed by atoms with van der Waals surface area (Å²) < 4.78 is 0. The lowest BCUT2D eigenvalue weighted by Crippen LogP contribution is -2.14. The quantitative estimate of drug-likeness (QED) is 0.768. The average Bonchev–Trinajstić information content (AvgIpc) is 2.33. The molecule has 0 saturated carbocycles. The molecule has 16 heavy (non-hydrogen) atoms. The molecule has 0 bridgehead atoms. The van der Waals surface area contributed by atoms with Crippen LogP contribution in [0.2, 0.25) is 0 Å². The molecule has 0 heterocycles. The Morgan fingerprint density at radius 2 is 1.50 bits per heavy atom. The number of rotatable bonds is 3. The van der Waals surface area contributed by atoms with E-state index in [1.165, 1.54) is 0 Å². The fourth-order valence-corrected chi connectivity index (χ4v) is 1.78. The Bertz CT molecular complexity index is 451. The van der Waals surface area contributed by atoms with E-state index in [9.17, 15) is 0 Å². The van der Waals surface area contributed by atoms with Crippen LogP contribution in [0, 0.1) is 0 Å². The van der Waals surface area contributed by atoms with Gasteiger partial charge in [0.2, 0.25) is 0 Å². The summed E-state index contributed by atoms with van der Waals surface area (Å²) in [6.45, 7) is 0. The molecule has 0 unspecified atom stereocenters. The van der Waals surface area contributed by atoms with Crippen LogP contribution in [0.15, 0.2) is 54.6 Å². The first-order valence-corrected chi connectivity index (χ1v) is 5.41. The van der Waals surface area contributed by atoms with Crippen molar-refractivity contribution in [3.63, 3.8) is 0 Å². The highest BCUT2D eigenvalue weighted by Gasteiger charge is 2.07. The minimum atomic E-state index is 0.00546. The normalized spacial score (nSPS) is 12.3. The molecule has 82 valence electrons. The number of nitrogens with two attached hydrogens (primary N) is 2. The fourth-order valence-electron chi connectivity index (χ4n) is 1.78. The predicted octanol–water partition coefficient (Wildman–Crippen LogP) is 2.51. The van der Waals surface area contributed by atoms with Crippen molar-refractivity contribution in [2.24, 2.45) is 5.73 Å². The van der Waals surface area contributed by atoms with Gasteiger partial charge in [-0.1, -0.05) is 48.5 Å². The van der Waals surface area contributed by atoms with Crippen molar-refractivity contribution in [3.8, 4) is 0 Å². The molecule has 2 rings (SSSR count). The van der Waals surface area contributed by atoms with E-state index in [1.54, 1.807) is 0 Å². The summed E-state index contributed by atoms with van der Waals surface area (Å²) in [6, 6.07) is 18.0. The minimum Gasteiger partial charge on any atom is -0.399 e. The van der Waals surface area contributed by atoms with Crippen LogP contribution in [0.5, 0.6) is 0 Å². The fraction of sp³-hybridized carbons (Fsp3) is 0.143. The molecular weight excluding hydrogens is 196 g/mol. The van der Waals surface area contributed by atoms with Crippen LogP contribution in [0.25, 0.3) is 0 Å². The highest BCUT2D eigenvalue weighted by atomic mass is 14.6. The first-order valence-electron chi connectivity index (χ1n) is 5.41. The first kappa shape index (κ1) is 10.7. The zero-order valence-corrected chi connectivity index (χ0v) is 9.14. The van der Waals surface area contributed by atoms with Gasteiger partial charge < -0.3 is 11.5 Å². The van der Waals surface area contributed by atoms with Gasteiger partial charge in [0.25, 0.3) is 0 Å². The van der Waals surface area contributed by atoms with Crippen LogP contribution < -0.4 is 11.5 Å². The maximum Gasteiger partial charge on any atom is 0.0347 e. The van der Waals surface area contributed by atoms with Crippen molar-refractivity contribution in [2.45, 2.75) is 12.5 Å². The monoisotopic (exact) mass is 212 g/mol. The predicted molar refractivity (Wildman–Crippen MR) is 67.9 cm³/mol. The van der Waals surface area contributed by atoms with E-state index < -0.39 is 0 Å². The first-order chi connectivity index (χ1) is 7.77. The molecule has 0 aliphatic rings. The van der Waals surface area contributed by atoms with Gasteiger partial charge in [-0.25, -0.2) is 0 Å². The summed E-state index contributed by atoms with van der Waals surface area (Å²) in [4.78, 5) is 0. The second-order valence-electron chi connectivity index (χ2n) is 3.92. The molecule has 4 N–H and O–H groups in total. The Labute approximate surface area is 95.9 Å². The number of anilines is 1. The third-order valence-electron chi connectivity index (χ3n) is 2.72. The molecule has 2 aromatic rings. The topological polar surface area (TPSA) is 52.0 Å². The number of benzene rings is 2. The third kappa shape index (κ3) is 2.41. The van der Waals surface area contributed by atoms with Gasteiger partial charge in [0.15, 0.2) is 0 Å². The molecule has 0 radical (unpaired) electrons. The van der Waals surface area contributed by atoms with Gasteiger partial charge in [-0.05, 0) is 23.6 Å². The standard InChI is InChI=1S/C14H16N2/c15-13-9-5-4-8-12(13)10-14(16)11-6-2-1-3-7-11/h1-9,14H,10,15-16H2/t14-/m1/s1. The maximum absolute atomic E-state index is 6.14. The Balaban J connectivity index is 2.14. The SMILES string of the molecule is Nc1ccccc1C[C@@H](N)c1ccccc1. The molecule has 0 spiro atoms. The van der Waals surface area contributed by atoms with Crippen LogP contribution >= 0.6 is 0 Å². The third-order valence-corrected chi connectivity index (χ3v) is 2.72. The van der Waals surface area contributed by atoms with Gasteiger partial charge in [-0.15, -0.1) is 0 Å². The van der Waals surface area contributed by atoms with E-state index in [1.807, 2.05) is 54.6 Å². The van der Waals surface area contributed by atoms with E-state index in [2.05, 4.69) is 0 Å². The van der Waals surface area contributed by atoms with Gasteiger partial charge in [0.05, 0.1) is 0 Å². The molecule has 0 aliphatic carbocycles. The zero-order valence-electron chi connectivity index (χ0n) is 9.14. The van der Waals surface area contributed by atoms with Crippen molar-refractivity contribution in [1.82, 2.24) is 0 Å². The number of hydrogen-bond acceptors (Lipinski definition) is 2. The second-order valence-corrected chi connectivity index (χ2v) is 3.92. The largest absolute Gasteiger partial charge is 0.399 e. The average molecular weight is 212 g/mol.